The molecule has 0 aromatic heterocycles. The number of hydrogen-bond acceptors (Lipinski definition) is 0. The zero-order valence-corrected chi connectivity index (χ0v) is 7.81. The highest BCUT2D eigenvalue weighted by atomic mass is 14.2. The van der Waals surface area contributed by atoms with Crippen LogP contribution < -0.4 is 0 Å². The van der Waals surface area contributed by atoms with Gasteiger partial charge in [-0.25, -0.2) is 0 Å². The Morgan fingerprint density at radius 2 is 1.82 bits per heavy atom. The Morgan fingerprint density at radius 1 is 1.18 bits per heavy atom. The van der Waals surface area contributed by atoms with E-state index in [4.69, 9.17) is 0 Å². The summed E-state index contributed by atoms with van der Waals surface area (Å²) < 4.78 is 0. The highest BCUT2D eigenvalue weighted by Gasteiger charge is 2.17. The summed E-state index contributed by atoms with van der Waals surface area (Å²) >= 11 is 0. The standard InChI is InChI=1S/C11H16/c1-9-6-5-7-10(2)11(3,4)8-9/h5-8H,1-4H3. The quantitative estimate of drug-likeness (QED) is 0.493. The average molecular weight is 148 g/mol. The third kappa shape index (κ3) is 1.83. The maximum Gasteiger partial charge on any atom is 0.00403 e. The van der Waals surface area contributed by atoms with Crippen LogP contribution in [-0.2, 0) is 0 Å². The lowest BCUT2D eigenvalue weighted by Crippen LogP contribution is -2.08. The second-order valence-corrected chi connectivity index (χ2v) is 3.82. The molecule has 0 unspecified atom stereocenters. The summed E-state index contributed by atoms with van der Waals surface area (Å²) in [6.45, 7) is 8.81. The molecular weight excluding hydrogens is 132 g/mol. The molecule has 0 saturated carbocycles. The van der Waals surface area contributed by atoms with Gasteiger partial charge < -0.3 is 0 Å². The molecule has 0 aromatic carbocycles. The van der Waals surface area contributed by atoms with E-state index >= 15 is 0 Å². The molecule has 0 heterocycles. The molecule has 0 nitrogen and oxygen atoms in total. The maximum atomic E-state index is 2.31. The molecule has 0 aromatic rings. The van der Waals surface area contributed by atoms with Crippen LogP contribution in [0.25, 0.3) is 0 Å². The van der Waals surface area contributed by atoms with E-state index in [1.807, 2.05) is 0 Å². The number of hydrogen-bond donors (Lipinski definition) is 0. The second kappa shape index (κ2) is 2.69. The molecule has 1 aliphatic rings. The van der Waals surface area contributed by atoms with Gasteiger partial charge in [-0.3, -0.25) is 0 Å². The Labute approximate surface area is 69.3 Å². The van der Waals surface area contributed by atoms with E-state index in [0.717, 1.165) is 0 Å². The van der Waals surface area contributed by atoms with Gasteiger partial charge in [0.15, 0.2) is 0 Å². The van der Waals surface area contributed by atoms with Crippen LogP contribution in [0.3, 0.4) is 0 Å². The van der Waals surface area contributed by atoms with E-state index in [9.17, 15) is 0 Å². The van der Waals surface area contributed by atoms with Crippen LogP contribution in [0.1, 0.15) is 27.7 Å². The molecular formula is C11H16. The van der Waals surface area contributed by atoms with Crippen molar-refractivity contribution in [2.45, 2.75) is 27.7 Å². The molecule has 0 bridgehead atoms. The predicted molar refractivity (Wildman–Crippen MR) is 50.4 cm³/mol. The summed E-state index contributed by atoms with van der Waals surface area (Å²) in [6, 6.07) is 0. The molecule has 1 rings (SSSR count). The van der Waals surface area contributed by atoms with Gasteiger partial charge in [-0.2, -0.15) is 0 Å². The molecule has 0 fully saturated rings. The first kappa shape index (κ1) is 8.32. The van der Waals surface area contributed by atoms with Crippen LogP contribution in [-0.4, -0.2) is 0 Å². The van der Waals surface area contributed by atoms with Crippen molar-refractivity contribution in [3.63, 3.8) is 0 Å². The van der Waals surface area contributed by atoms with Crippen molar-refractivity contribution < 1.29 is 0 Å². The van der Waals surface area contributed by atoms with Crippen molar-refractivity contribution in [3.8, 4) is 0 Å². The molecule has 0 N–H and O–H groups in total. The largest absolute Gasteiger partial charge is 0.0719 e. The Morgan fingerprint density at radius 3 is 2.45 bits per heavy atom. The van der Waals surface area contributed by atoms with Crippen molar-refractivity contribution >= 4 is 0 Å². The summed E-state index contributed by atoms with van der Waals surface area (Å²) in [5.74, 6) is 0. The minimum atomic E-state index is 0.230. The lowest BCUT2D eigenvalue weighted by Gasteiger charge is -2.20. The predicted octanol–water partition coefficient (Wildman–Crippen LogP) is 3.48. The first-order chi connectivity index (χ1) is 5.02. The SMILES string of the molecule is CC1=CC(C)(C)C(C)=CC=C1. The number of allylic oxidation sites excluding steroid dienone is 6. The summed E-state index contributed by atoms with van der Waals surface area (Å²) in [5.41, 5.74) is 3.00. The van der Waals surface area contributed by atoms with Gasteiger partial charge in [0.2, 0.25) is 0 Å². The second-order valence-electron chi connectivity index (χ2n) is 3.82. The van der Waals surface area contributed by atoms with Gasteiger partial charge >= 0.3 is 0 Å². The highest BCUT2D eigenvalue weighted by molar-refractivity contribution is 5.33. The minimum absolute atomic E-state index is 0.230. The van der Waals surface area contributed by atoms with Gasteiger partial charge in [0.25, 0.3) is 0 Å². The lowest BCUT2D eigenvalue weighted by atomic mass is 9.84. The molecule has 0 atom stereocenters. The monoisotopic (exact) mass is 148 g/mol. The van der Waals surface area contributed by atoms with Crippen molar-refractivity contribution in [1.82, 2.24) is 0 Å². The fraction of sp³-hybridized carbons (Fsp3) is 0.455. The van der Waals surface area contributed by atoms with Gasteiger partial charge in [0.1, 0.15) is 0 Å². The molecule has 0 radical (unpaired) electrons. The normalized spacial score (nSPS) is 22.2. The first-order valence-corrected chi connectivity index (χ1v) is 4.07. The first-order valence-electron chi connectivity index (χ1n) is 4.07. The highest BCUT2D eigenvalue weighted by Crippen LogP contribution is 2.30. The van der Waals surface area contributed by atoms with Crippen LogP contribution in [0, 0.1) is 5.41 Å². The molecule has 11 heavy (non-hydrogen) atoms. The van der Waals surface area contributed by atoms with Gasteiger partial charge in [-0.05, 0) is 13.8 Å². The zero-order chi connectivity index (χ0) is 8.48. The molecule has 60 valence electrons. The molecule has 0 aliphatic heterocycles. The third-order valence-electron chi connectivity index (χ3n) is 2.31. The van der Waals surface area contributed by atoms with Crippen LogP contribution in [0.4, 0.5) is 0 Å². The minimum Gasteiger partial charge on any atom is -0.0719 e. The molecule has 0 spiro atoms. The van der Waals surface area contributed by atoms with Gasteiger partial charge in [-0.1, -0.05) is 49.3 Å². The molecule has 0 amide bonds. The third-order valence-corrected chi connectivity index (χ3v) is 2.31. The van der Waals surface area contributed by atoms with Crippen LogP contribution >= 0.6 is 0 Å². The maximum absolute atomic E-state index is 2.31. The summed E-state index contributed by atoms with van der Waals surface area (Å²) in [5, 5.41) is 0. The molecule has 0 saturated heterocycles. The summed E-state index contributed by atoms with van der Waals surface area (Å²) in [6.07, 6.45) is 8.77. The van der Waals surface area contributed by atoms with E-state index < -0.39 is 0 Å². The van der Waals surface area contributed by atoms with E-state index in [1.54, 1.807) is 0 Å². The van der Waals surface area contributed by atoms with Gasteiger partial charge in [0, 0.05) is 5.41 Å². The Kier molecular flexibility index (Phi) is 2.03. The van der Waals surface area contributed by atoms with Gasteiger partial charge in [0.05, 0.1) is 0 Å². The molecule has 1 aliphatic carbocycles. The van der Waals surface area contributed by atoms with Crippen molar-refractivity contribution in [2.75, 3.05) is 0 Å². The zero-order valence-electron chi connectivity index (χ0n) is 7.81. The van der Waals surface area contributed by atoms with E-state index in [1.165, 1.54) is 11.1 Å². The van der Waals surface area contributed by atoms with E-state index in [-0.39, 0.29) is 5.41 Å². The van der Waals surface area contributed by atoms with Crippen LogP contribution in [0.5, 0.6) is 0 Å². The Hall–Kier alpha value is -0.780. The number of rotatable bonds is 0. The topological polar surface area (TPSA) is 0 Å². The van der Waals surface area contributed by atoms with Crippen molar-refractivity contribution in [3.05, 3.63) is 35.5 Å². The Bertz CT molecular complexity index is 237. The van der Waals surface area contributed by atoms with E-state index in [2.05, 4.69) is 52.0 Å². The molecule has 0 heteroatoms. The summed E-state index contributed by atoms with van der Waals surface area (Å²) in [7, 11) is 0. The fourth-order valence-electron chi connectivity index (χ4n) is 1.29. The van der Waals surface area contributed by atoms with Gasteiger partial charge in [-0.15, -0.1) is 0 Å². The smallest absolute Gasteiger partial charge is 0.00403 e. The van der Waals surface area contributed by atoms with Crippen molar-refractivity contribution in [1.29, 1.82) is 0 Å². The van der Waals surface area contributed by atoms with Crippen LogP contribution in [0.15, 0.2) is 35.5 Å². The van der Waals surface area contributed by atoms with E-state index in [0.29, 0.717) is 0 Å². The summed E-state index contributed by atoms with van der Waals surface area (Å²) in [4.78, 5) is 0. The van der Waals surface area contributed by atoms with Crippen LogP contribution in [0.2, 0.25) is 0 Å². The lowest BCUT2D eigenvalue weighted by molar-refractivity contribution is 0.578. The Balaban J connectivity index is 3.06. The van der Waals surface area contributed by atoms with Crippen molar-refractivity contribution in [2.24, 2.45) is 5.41 Å². The average Bonchev–Trinajstić information content (AvgIpc) is 1.93. The fourth-order valence-corrected chi connectivity index (χ4v) is 1.29.